The van der Waals surface area contributed by atoms with Crippen LogP contribution >= 0.6 is 0 Å². The van der Waals surface area contributed by atoms with Crippen LogP contribution in [0.4, 0.5) is 8.78 Å². The van der Waals surface area contributed by atoms with Crippen molar-refractivity contribution < 1.29 is 18.3 Å². The van der Waals surface area contributed by atoms with E-state index in [0.29, 0.717) is 0 Å². The number of carbonyl (C=O) groups is 1. The van der Waals surface area contributed by atoms with E-state index in [2.05, 4.69) is 0 Å². The van der Waals surface area contributed by atoms with Gasteiger partial charge in [-0.25, -0.2) is 13.6 Å². The number of rotatable bonds is 3. The summed E-state index contributed by atoms with van der Waals surface area (Å²) in [6.07, 6.45) is -2.67. The largest absolute Gasteiger partial charge is 0.462 e. The highest BCUT2D eigenvalue weighted by Gasteiger charge is 2.20. The third-order valence-electron chi connectivity index (χ3n) is 2.35. The summed E-state index contributed by atoms with van der Waals surface area (Å²) in [4.78, 5) is 11.5. The highest BCUT2D eigenvalue weighted by molar-refractivity contribution is 5.92. The first kappa shape index (κ1) is 13.1. The maximum Gasteiger partial charge on any atom is 0.339 e. The fraction of sp³-hybridized carbons (Fsp3) is 0.333. The molecule has 0 bridgehead atoms. The van der Waals surface area contributed by atoms with Gasteiger partial charge >= 0.3 is 5.97 Å². The van der Waals surface area contributed by atoms with E-state index in [1.807, 2.05) is 0 Å². The van der Waals surface area contributed by atoms with Gasteiger partial charge < -0.3 is 4.74 Å². The van der Waals surface area contributed by atoms with Gasteiger partial charge in [0, 0.05) is 5.56 Å². The molecule has 0 N–H and O–H groups in total. The molecule has 0 radical (unpaired) electrons. The summed E-state index contributed by atoms with van der Waals surface area (Å²) in [5, 5.41) is 8.92. The van der Waals surface area contributed by atoms with Gasteiger partial charge in [-0.05, 0) is 25.5 Å². The van der Waals surface area contributed by atoms with E-state index in [1.165, 1.54) is 13.0 Å². The highest BCUT2D eigenvalue weighted by Crippen LogP contribution is 2.27. The predicted molar refractivity (Wildman–Crippen MR) is 56.8 cm³/mol. The maximum atomic E-state index is 12.6. The van der Waals surface area contributed by atoms with Crippen molar-refractivity contribution >= 4 is 5.97 Å². The molecular weight excluding hydrogens is 228 g/mol. The number of halogens is 2. The SMILES string of the molecule is CCOC(=O)c1ccc(C(F)F)c(C)c1C#N. The van der Waals surface area contributed by atoms with Gasteiger partial charge in [0.1, 0.15) is 6.07 Å². The van der Waals surface area contributed by atoms with Crippen LogP contribution in [-0.4, -0.2) is 12.6 Å². The van der Waals surface area contributed by atoms with Crippen molar-refractivity contribution in [2.24, 2.45) is 0 Å². The van der Waals surface area contributed by atoms with Crippen molar-refractivity contribution in [3.63, 3.8) is 0 Å². The van der Waals surface area contributed by atoms with Crippen LogP contribution in [-0.2, 0) is 4.74 Å². The van der Waals surface area contributed by atoms with Crippen molar-refractivity contribution in [1.82, 2.24) is 0 Å². The third kappa shape index (κ3) is 2.59. The van der Waals surface area contributed by atoms with Crippen LogP contribution in [0.5, 0.6) is 0 Å². The fourth-order valence-electron chi connectivity index (χ4n) is 1.49. The van der Waals surface area contributed by atoms with E-state index < -0.39 is 12.4 Å². The number of esters is 1. The van der Waals surface area contributed by atoms with E-state index in [1.54, 1.807) is 13.0 Å². The molecule has 0 saturated carbocycles. The Bertz CT molecular complexity index is 478. The molecule has 0 fully saturated rings. The molecule has 0 unspecified atom stereocenters. The summed E-state index contributed by atoms with van der Waals surface area (Å²) >= 11 is 0. The number of carbonyl (C=O) groups excluding carboxylic acids is 1. The van der Waals surface area contributed by atoms with E-state index in [4.69, 9.17) is 10.00 Å². The van der Waals surface area contributed by atoms with E-state index in [-0.39, 0.29) is 28.9 Å². The van der Waals surface area contributed by atoms with Gasteiger partial charge in [0.05, 0.1) is 17.7 Å². The Morgan fingerprint density at radius 2 is 2.18 bits per heavy atom. The molecule has 0 aliphatic rings. The average molecular weight is 239 g/mol. The zero-order valence-electron chi connectivity index (χ0n) is 9.46. The first-order chi connectivity index (χ1) is 8.02. The topological polar surface area (TPSA) is 50.1 Å². The zero-order chi connectivity index (χ0) is 13.0. The standard InChI is InChI=1S/C12H11F2NO2/c1-3-17-12(16)9-5-4-8(11(13)14)7(2)10(9)6-15/h4-5,11H,3H2,1-2H3. The highest BCUT2D eigenvalue weighted by atomic mass is 19.3. The van der Waals surface area contributed by atoms with Gasteiger partial charge in [-0.2, -0.15) is 5.26 Å². The lowest BCUT2D eigenvalue weighted by Crippen LogP contribution is -2.09. The zero-order valence-corrected chi connectivity index (χ0v) is 9.46. The number of nitriles is 1. The Kier molecular flexibility index (Phi) is 4.16. The third-order valence-corrected chi connectivity index (χ3v) is 2.35. The van der Waals surface area contributed by atoms with Crippen LogP contribution in [0, 0.1) is 18.3 Å². The monoisotopic (exact) mass is 239 g/mol. The van der Waals surface area contributed by atoms with Crippen molar-refractivity contribution in [3.8, 4) is 6.07 Å². The molecule has 5 heteroatoms. The molecule has 0 aliphatic carbocycles. The fourth-order valence-corrected chi connectivity index (χ4v) is 1.49. The summed E-state index contributed by atoms with van der Waals surface area (Å²) in [6.45, 7) is 3.19. The molecule has 0 saturated heterocycles. The van der Waals surface area contributed by atoms with Gasteiger partial charge in [0.25, 0.3) is 6.43 Å². The summed E-state index contributed by atoms with van der Waals surface area (Å²) in [5.74, 6) is -0.673. The van der Waals surface area contributed by atoms with Crippen molar-refractivity contribution in [2.75, 3.05) is 6.61 Å². The van der Waals surface area contributed by atoms with Gasteiger partial charge in [-0.1, -0.05) is 6.07 Å². The Morgan fingerprint density at radius 3 is 2.65 bits per heavy atom. The molecule has 1 aromatic carbocycles. The Balaban J connectivity index is 3.32. The van der Waals surface area contributed by atoms with Crippen LogP contribution < -0.4 is 0 Å². The van der Waals surface area contributed by atoms with E-state index in [0.717, 1.165) is 6.07 Å². The Morgan fingerprint density at radius 1 is 1.53 bits per heavy atom. The van der Waals surface area contributed by atoms with Crippen LogP contribution in [0.25, 0.3) is 0 Å². The second kappa shape index (κ2) is 5.39. The smallest absolute Gasteiger partial charge is 0.339 e. The first-order valence-corrected chi connectivity index (χ1v) is 5.01. The van der Waals surface area contributed by atoms with Crippen molar-refractivity contribution in [3.05, 3.63) is 34.4 Å². The molecule has 90 valence electrons. The lowest BCUT2D eigenvalue weighted by atomic mass is 9.98. The number of ether oxygens (including phenoxy) is 1. The van der Waals surface area contributed by atoms with E-state index in [9.17, 15) is 13.6 Å². The minimum Gasteiger partial charge on any atom is -0.462 e. The lowest BCUT2D eigenvalue weighted by Gasteiger charge is -2.10. The Hall–Kier alpha value is -1.96. The number of benzene rings is 1. The normalized spacial score (nSPS) is 10.1. The number of alkyl halides is 2. The van der Waals surface area contributed by atoms with Crippen LogP contribution in [0.1, 0.15) is 40.4 Å². The van der Waals surface area contributed by atoms with Gasteiger partial charge in [-0.15, -0.1) is 0 Å². The van der Waals surface area contributed by atoms with Crippen LogP contribution in [0.3, 0.4) is 0 Å². The molecule has 1 aromatic rings. The molecule has 0 heterocycles. The Labute approximate surface area is 97.6 Å². The van der Waals surface area contributed by atoms with Crippen LogP contribution in [0.2, 0.25) is 0 Å². The van der Waals surface area contributed by atoms with Gasteiger partial charge in [0.15, 0.2) is 0 Å². The second-order valence-corrected chi connectivity index (χ2v) is 3.34. The number of hydrogen-bond donors (Lipinski definition) is 0. The number of hydrogen-bond acceptors (Lipinski definition) is 3. The predicted octanol–water partition coefficient (Wildman–Crippen LogP) is 2.98. The summed E-state index contributed by atoms with van der Waals surface area (Å²) in [5.41, 5.74) is -0.153. The first-order valence-electron chi connectivity index (χ1n) is 5.01. The molecule has 1 rings (SSSR count). The molecule has 0 aromatic heterocycles. The summed E-state index contributed by atoms with van der Waals surface area (Å²) in [7, 11) is 0. The molecule has 17 heavy (non-hydrogen) atoms. The molecule has 3 nitrogen and oxygen atoms in total. The molecule has 0 aliphatic heterocycles. The minimum absolute atomic E-state index is 0.0243. The van der Waals surface area contributed by atoms with Gasteiger partial charge in [-0.3, -0.25) is 0 Å². The quantitative estimate of drug-likeness (QED) is 0.762. The molecule has 0 spiro atoms. The number of nitrogens with zero attached hydrogens (tertiary/aromatic N) is 1. The minimum atomic E-state index is -2.67. The summed E-state index contributed by atoms with van der Waals surface area (Å²) < 4.78 is 29.9. The molecule has 0 atom stereocenters. The lowest BCUT2D eigenvalue weighted by molar-refractivity contribution is 0.0525. The van der Waals surface area contributed by atoms with Crippen molar-refractivity contribution in [1.29, 1.82) is 5.26 Å². The van der Waals surface area contributed by atoms with Crippen molar-refractivity contribution in [2.45, 2.75) is 20.3 Å². The molecule has 0 amide bonds. The van der Waals surface area contributed by atoms with Gasteiger partial charge in [0.2, 0.25) is 0 Å². The second-order valence-electron chi connectivity index (χ2n) is 3.34. The van der Waals surface area contributed by atoms with Crippen LogP contribution in [0.15, 0.2) is 12.1 Å². The summed E-state index contributed by atoms with van der Waals surface area (Å²) in [6, 6.07) is 4.11. The maximum absolute atomic E-state index is 12.6. The van der Waals surface area contributed by atoms with E-state index >= 15 is 0 Å². The average Bonchev–Trinajstić information content (AvgIpc) is 2.28. The molecular formula is C12H11F2NO2.